The van der Waals surface area contributed by atoms with Crippen molar-refractivity contribution in [1.82, 2.24) is 9.97 Å². The van der Waals surface area contributed by atoms with Crippen LogP contribution in [-0.4, -0.2) is 16.5 Å². The quantitative estimate of drug-likeness (QED) is 0.859. The lowest BCUT2D eigenvalue weighted by Crippen LogP contribution is -2.03. The van der Waals surface area contributed by atoms with Crippen LogP contribution in [0.4, 0.5) is 5.82 Å². The fourth-order valence-electron chi connectivity index (χ4n) is 1.67. The van der Waals surface area contributed by atoms with Crippen molar-refractivity contribution in [2.75, 3.05) is 11.9 Å². The Morgan fingerprint density at radius 3 is 2.82 bits per heavy atom. The maximum absolute atomic E-state index is 5.07. The molecule has 2 aromatic heterocycles. The SMILES string of the molecule is CCCc1cc(NCC)nc(-c2ccoc2)n1. The molecule has 0 radical (unpaired) electrons. The van der Waals surface area contributed by atoms with Crippen molar-refractivity contribution >= 4 is 5.82 Å². The molecule has 17 heavy (non-hydrogen) atoms. The first kappa shape index (κ1) is 11.6. The number of aryl methyl sites for hydroxylation is 1. The van der Waals surface area contributed by atoms with Crippen LogP contribution in [0.25, 0.3) is 11.4 Å². The molecular formula is C13H17N3O. The Balaban J connectivity index is 2.37. The zero-order chi connectivity index (χ0) is 12.1. The summed E-state index contributed by atoms with van der Waals surface area (Å²) in [4.78, 5) is 9.00. The van der Waals surface area contributed by atoms with E-state index in [1.54, 1.807) is 12.5 Å². The Labute approximate surface area is 101 Å². The highest BCUT2D eigenvalue weighted by Gasteiger charge is 2.07. The minimum Gasteiger partial charge on any atom is -0.472 e. The first-order valence-corrected chi connectivity index (χ1v) is 5.98. The number of hydrogen-bond donors (Lipinski definition) is 1. The number of rotatable bonds is 5. The zero-order valence-corrected chi connectivity index (χ0v) is 10.2. The number of furan rings is 1. The molecule has 0 spiro atoms. The van der Waals surface area contributed by atoms with Gasteiger partial charge in [0.2, 0.25) is 0 Å². The zero-order valence-electron chi connectivity index (χ0n) is 10.2. The van der Waals surface area contributed by atoms with Crippen molar-refractivity contribution in [3.05, 3.63) is 30.4 Å². The highest BCUT2D eigenvalue weighted by molar-refractivity contribution is 5.55. The maximum atomic E-state index is 5.07. The highest BCUT2D eigenvalue weighted by atomic mass is 16.3. The Bertz CT molecular complexity index is 441. The van der Waals surface area contributed by atoms with Gasteiger partial charge < -0.3 is 9.73 Å². The van der Waals surface area contributed by atoms with Crippen LogP contribution in [0.3, 0.4) is 0 Å². The first-order valence-electron chi connectivity index (χ1n) is 5.98. The largest absolute Gasteiger partial charge is 0.472 e. The topological polar surface area (TPSA) is 51.0 Å². The molecule has 4 heteroatoms. The second kappa shape index (κ2) is 5.48. The molecule has 2 rings (SSSR count). The predicted octanol–water partition coefficient (Wildman–Crippen LogP) is 3.12. The summed E-state index contributed by atoms with van der Waals surface area (Å²) in [6.07, 6.45) is 5.35. The van der Waals surface area contributed by atoms with Gasteiger partial charge >= 0.3 is 0 Å². The van der Waals surface area contributed by atoms with Crippen LogP contribution in [0.5, 0.6) is 0 Å². The summed E-state index contributed by atoms with van der Waals surface area (Å²) in [7, 11) is 0. The second-order valence-electron chi connectivity index (χ2n) is 3.86. The van der Waals surface area contributed by atoms with E-state index in [1.165, 1.54) is 0 Å². The summed E-state index contributed by atoms with van der Waals surface area (Å²) in [6, 6.07) is 3.89. The number of nitrogens with one attached hydrogen (secondary N) is 1. The summed E-state index contributed by atoms with van der Waals surface area (Å²) in [5.74, 6) is 1.60. The van der Waals surface area contributed by atoms with E-state index in [4.69, 9.17) is 4.42 Å². The molecule has 1 N–H and O–H groups in total. The van der Waals surface area contributed by atoms with E-state index in [0.717, 1.165) is 42.3 Å². The normalized spacial score (nSPS) is 10.5. The smallest absolute Gasteiger partial charge is 0.164 e. The molecule has 0 aliphatic carbocycles. The fourth-order valence-corrected chi connectivity index (χ4v) is 1.67. The molecule has 2 heterocycles. The molecule has 0 saturated heterocycles. The van der Waals surface area contributed by atoms with E-state index in [-0.39, 0.29) is 0 Å². The van der Waals surface area contributed by atoms with Gasteiger partial charge in [0.25, 0.3) is 0 Å². The molecule has 0 atom stereocenters. The summed E-state index contributed by atoms with van der Waals surface area (Å²) < 4.78 is 5.07. The monoisotopic (exact) mass is 231 g/mol. The molecule has 0 bridgehead atoms. The van der Waals surface area contributed by atoms with Crippen LogP contribution in [-0.2, 0) is 6.42 Å². The number of hydrogen-bond acceptors (Lipinski definition) is 4. The molecule has 0 amide bonds. The van der Waals surface area contributed by atoms with Gasteiger partial charge in [0.1, 0.15) is 12.1 Å². The van der Waals surface area contributed by atoms with Gasteiger partial charge in [0.05, 0.1) is 11.8 Å². The van der Waals surface area contributed by atoms with Crippen molar-refractivity contribution in [3.8, 4) is 11.4 Å². The van der Waals surface area contributed by atoms with E-state index < -0.39 is 0 Å². The van der Waals surface area contributed by atoms with Crippen LogP contribution in [0.2, 0.25) is 0 Å². The minimum atomic E-state index is 0.723. The second-order valence-corrected chi connectivity index (χ2v) is 3.86. The molecule has 0 aromatic carbocycles. The summed E-state index contributed by atoms with van der Waals surface area (Å²) in [5.41, 5.74) is 1.98. The molecule has 2 aromatic rings. The van der Waals surface area contributed by atoms with Crippen molar-refractivity contribution in [1.29, 1.82) is 0 Å². The lowest BCUT2D eigenvalue weighted by molar-refractivity contribution is 0.568. The third-order valence-corrected chi connectivity index (χ3v) is 2.42. The maximum Gasteiger partial charge on any atom is 0.164 e. The number of nitrogens with zero attached hydrogens (tertiary/aromatic N) is 2. The molecule has 90 valence electrons. The van der Waals surface area contributed by atoms with Crippen LogP contribution in [0, 0.1) is 0 Å². The summed E-state index contributed by atoms with van der Waals surface area (Å²) in [5, 5.41) is 3.23. The standard InChI is InChI=1S/C13H17N3O/c1-3-5-11-8-12(14-4-2)16-13(15-11)10-6-7-17-9-10/h6-9H,3-5H2,1-2H3,(H,14,15,16). The van der Waals surface area contributed by atoms with E-state index in [0.29, 0.717) is 0 Å². The Kier molecular flexibility index (Phi) is 3.75. The van der Waals surface area contributed by atoms with Gasteiger partial charge in [-0.1, -0.05) is 13.3 Å². The van der Waals surface area contributed by atoms with Crippen molar-refractivity contribution < 1.29 is 4.42 Å². The molecule has 0 unspecified atom stereocenters. The van der Waals surface area contributed by atoms with Crippen LogP contribution >= 0.6 is 0 Å². The summed E-state index contributed by atoms with van der Waals surface area (Å²) >= 11 is 0. The third-order valence-electron chi connectivity index (χ3n) is 2.42. The molecular weight excluding hydrogens is 214 g/mol. The van der Waals surface area contributed by atoms with Crippen molar-refractivity contribution in [2.45, 2.75) is 26.7 Å². The number of anilines is 1. The van der Waals surface area contributed by atoms with Gasteiger partial charge in [-0.15, -0.1) is 0 Å². The fraction of sp³-hybridized carbons (Fsp3) is 0.385. The van der Waals surface area contributed by atoms with E-state index in [2.05, 4.69) is 29.1 Å². The Morgan fingerprint density at radius 1 is 1.29 bits per heavy atom. The van der Waals surface area contributed by atoms with Crippen LogP contribution in [0.1, 0.15) is 26.0 Å². The van der Waals surface area contributed by atoms with E-state index in [1.807, 2.05) is 12.1 Å². The average molecular weight is 231 g/mol. The van der Waals surface area contributed by atoms with Gasteiger partial charge in [-0.25, -0.2) is 9.97 Å². The summed E-state index contributed by atoms with van der Waals surface area (Å²) in [6.45, 7) is 5.05. The molecule has 0 aliphatic rings. The number of aromatic nitrogens is 2. The lowest BCUT2D eigenvalue weighted by Gasteiger charge is -2.07. The van der Waals surface area contributed by atoms with Gasteiger partial charge in [-0.05, 0) is 19.4 Å². The van der Waals surface area contributed by atoms with Gasteiger partial charge in [-0.3, -0.25) is 0 Å². The molecule has 0 fully saturated rings. The predicted molar refractivity (Wildman–Crippen MR) is 67.9 cm³/mol. The molecule has 0 saturated carbocycles. The molecule has 0 aliphatic heterocycles. The minimum absolute atomic E-state index is 0.723. The average Bonchev–Trinajstić information content (AvgIpc) is 2.83. The van der Waals surface area contributed by atoms with Crippen LogP contribution < -0.4 is 5.32 Å². The lowest BCUT2D eigenvalue weighted by atomic mass is 10.2. The highest BCUT2D eigenvalue weighted by Crippen LogP contribution is 2.18. The third kappa shape index (κ3) is 2.84. The molecule has 4 nitrogen and oxygen atoms in total. The van der Waals surface area contributed by atoms with Gasteiger partial charge in [-0.2, -0.15) is 0 Å². The van der Waals surface area contributed by atoms with E-state index >= 15 is 0 Å². The Morgan fingerprint density at radius 2 is 2.18 bits per heavy atom. The van der Waals surface area contributed by atoms with Crippen molar-refractivity contribution in [2.24, 2.45) is 0 Å². The van der Waals surface area contributed by atoms with E-state index in [9.17, 15) is 0 Å². The first-order chi connectivity index (χ1) is 8.33. The van der Waals surface area contributed by atoms with Crippen LogP contribution in [0.15, 0.2) is 29.1 Å². The van der Waals surface area contributed by atoms with Gasteiger partial charge in [0.15, 0.2) is 5.82 Å². The Hall–Kier alpha value is -1.84. The van der Waals surface area contributed by atoms with Crippen molar-refractivity contribution in [3.63, 3.8) is 0 Å². The van der Waals surface area contributed by atoms with Gasteiger partial charge in [0, 0.05) is 18.3 Å².